The number of carbonyl (C=O) groups is 15. The Morgan fingerprint density at radius 1 is 0.435 bits per heavy atom. The topological polar surface area (TPSA) is 576 Å². The van der Waals surface area contributed by atoms with Crippen LogP contribution < -0.4 is 81.4 Å². The molecule has 0 bridgehead atoms. The zero-order valence-electron chi connectivity index (χ0n) is 59.5. The highest BCUT2D eigenvalue weighted by Gasteiger charge is 2.42. The van der Waals surface area contributed by atoms with Crippen molar-refractivity contribution in [3.8, 4) is 0 Å². The lowest BCUT2D eigenvalue weighted by Gasteiger charge is -2.30. The first-order valence-electron chi connectivity index (χ1n) is 35.3. The van der Waals surface area contributed by atoms with Crippen molar-refractivity contribution >= 4 is 101 Å². The summed E-state index contributed by atoms with van der Waals surface area (Å²) in [5.41, 5.74) is 23.6. The third-order valence-electron chi connectivity index (χ3n) is 17.5. The van der Waals surface area contributed by atoms with Gasteiger partial charge in [0.1, 0.15) is 54.4 Å². The minimum atomic E-state index is -1.80. The molecule has 4 aromatic rings. The maximum atomic E-state index is 14.7. The Bertz CT molecular complexity index is 3840. The summed E-state index contributed by atoms with van der Waals surface area (Å²) in [6.45, 7) is -1.13. The van der Waals surface area contributed by atoms with Gasteiger partial charge in [0.05, 0.1) is 25.9 Å². The first kappa shape index (κ1) is 84.4. The first-order chi connectivity index (χ1) is 51.7. The second-order valence-electron chi connectivity index (χ2n) is 25.7. The Kier molecular flexibility index (Phi) is 34.1. The maximum absolute atomic E-state index is 14.7. The quantitative estimate of drug-likeness (QED) is 0.0118. The van der Waals surface area contributed by atoms with Gasteiger partial charge in [0, 0.05) is 56.7 Å². The third-order valence-corrected chi connectivity index (χ3v) is 17.5. The van der Waals surface area contributed by atoms with Gasteiger partial charge in [0.25, 0.3) is 11.8 Å². The van der Waals surface area contributed by atoms with Crippen molar-refractivity contribution in [2.75, 3.05) is 45.8 Å². The Labute approximate surface area is 622 Å². The highest BCUT2D eigenvalue weighted by atomic mass is 16.4. The number of nitrogens with two attached hydrogens (primary N) is 4. The second kappa shape index (κ2) is 43.7. The summed E-state index contributed by atoms with van der Waals surface area (Å²) in [4.78, 5) is 209. The van der Waals surface area contributed by atoms with Crippen molar-refractivity contribution in [2.45, 2.75) is 151 Å². The molecule has 0 saturated carbocycles. The highest BCUT2D eigenvalue weighted by Crippen LogP contribution is 2.23. The molecule has 2 saturated heterocycles. The molecule has 4 aromatic carbocycles. The van der Waals surface area contributed by atoms with Gasteiger partial charge in [-0.1, -0.05) is 97.1 Å². The number of likely N-dealkylation sites (tertiary alicyclic amines) is 2. The summed E-state index contributed by atoms with van der Waals surface area (Å²) in [6.07, 6.45) is -0.218. The van der Waals surface area contributed by atoms with Crippen LogP contribution in [0, 0.1) is 5.41 Å². The molecule has 36 heteroatoms. The van der Waals surface area contributed by atoms with E-state index in [9.17, 15) is 82.1 Å². The van der Waals surface area contributed by atoms with Crippen molar-refractivity contribution in [3.63, 3.8) is 0 Å². The lowest BCUT2D eigenvalue weighted by Crippen LogP contribution is -2.59. The number of carboxylic acids is 2. The summed E-state index contributed by atoms with van der Waals surface area (Å²) in [6, 6.07) is 20.6. The fourth-order valence-corrected chi connectivity index (χ4v) is 12.1. The molecule has 2 heterocycles. The highest BCUT2D eigenvalue weighted by molar-refractivity contribution is 6.01. The summed E-state index contributed by atoms with van der Waals surface area (Å²) in [7, 11) is 0. The van der Waals surface area contributed by atoms with E-state index in [1.54, 1.807) is 97.1 Å². The molecule has 0 radical (unpaired) electrons. The molecule has 9 atom stereocenters. The predicted octanol–water partition coefficient (Wildman–Crippen LogP) is -3.25. The zero-order chi connectivity index (χ0) is 78.7. The van der Waals surface area contributed by atoms with E-state index in [-0.39, 0.29) is 126 Å². The minimum absolute atomic E-state index is 0.0198. The van der Waals surface area contributed by atoms with Crippen LogP contribution in [0.2, 0.25) is 0 Å². The number of unbranched alkanes of at least 4 members (excludes halogenated alkanes) is 1. The third kappa shape index (κ3) is 28.5. The van der Waals surface area contributed by atoms with E-state index < -0.39 is 169 Å². The number of aliphatic carboxylic acids is 2. The van der Waals surface area contributed by atoms with Gasteiger partial charge in [-0.3, -0.25) is 82.3 Å². The molecule has 0 spiro atoms. The summed E-state index contributed by atoms with van der Waals surface area (Å²) < 4.78 is 0. The van der Waals surface area contributed by atoms with Crippen molar-refractivity contribution in [1.29, 1.82) is 5.41 Å². The molecule has 22 N–H and O–H groups in total. The fourth-order valence-electron chi connectivity index (χ4n) is 12.1. The van der Waals surface area contributed by atoms with Gasteiger partial charge in [-0.15, -0.1) is 0 Å². The van der Waals surface area contributed by atoms with E-state index in [1.807, 2.05) is 0 Å². The minimum Gasteiger partial charge on any atom is -0.481 e. The SMILES string of the molecule is N=C(N)NCCC[C@H](NC(=O)c1ccccc1)C(=O)NCC(=O)N[C@@H](CC(=O)O)C(=O)N[C@@H](Cc1ccccc1)C(=O)N1CCC[C@H]1C(=O)NCCCC[C@H](NC(=O)[C@@H]1CCCN1C(=O)[C@H](Cc1ccccc1)NC(=O)[C@H](CC(=O)O)NC(=O)CNC(=O)[C@H](CCCN=C(N)N)NC(=O)c1ccccc1)C(N)=O. The van der Waals surface area contributed by atoms with E-state index >= 15 is 0 Å². The molecule has 2 aliphatic rings. The Balaban J connectivity index is 1.03. The van der Waals surface area contributed by atoms with Gasteiger partial charge in [0.2, 0.25) is 65.0 Å². The number of amides is 13. The molecule has 0 aromatic heterocycles. The molecule has 580 valence electrons. The molecule has 36 nitrogen and oxygen atoms in total. The van der Waals surface area contributed by atoms with Crippen LogP contribution in [-0.4, -0.2) is 221 Å². The molecule has 2 fully saturated rings. The van der Waals surface area contributed by atoms with Crippen LogP contribution >= 0.6 is 0 Å². The summed E-state index contributed by atoms with van der Waals surface area (Å²) in [5.74, 6) is -14.1. The molecular weight excluding hydrogens is 1400 g/mol. The van der Waals surface area contributed by atoms with Crippen LogP contribution in [0.5, 0.6) is 0 Å². The number of primary amides is 1. The molecule has 6 rings (SSSR count). The average molecular weight is 1500 g/mol. The normalized spacial score (nSPS) is 15.6. The van der Waals surface area contributed by atoms with Crippen molar-refractivity contribution in [2.24, 2.45) is 27.9 Å². The molecule has 108 heavy (non-hydrogen) atoms. The van der Waals surface area contributed by atoms with E-state index in [0.29, 0.717) is 24.0 Å². The smallest absolute Gasteiger partial charge is 0.305 e. The van der Waals surface area contributed by atoms with Crippen molar-refractivity contribution in [3.05, 3.63) is 144 Å². The molecule has 0 aliphatic carbocycles. The van der Waals surface area contributed by atoms with E-state index in [1.165, 1.54) is 34.1 Å². The maximum Gasteiger partial charge on any atom is 0.305 e. The molecule has 2 aliphatic heterocycles. The number of aliphatic imine (C=N–C) groups is 1. The zero-order valence-corrected chi connectivity index (χ0v) is 59.5. The summed E-state index contributed by atoms with van der Waals surface area (Å²) in [5, 5.41) is 55.0. The second-order valence-corrected chi connectivity index (χ2v) is 25.7. The Hall–Kier alpha value is -12.5. The standard InChI is InChI=1S/C72H95N19O17/c73-60(98)47(85-68(106)55-31-18-36-91(55)70(108)53(38-44-21-7-2-8-22-44)89-66(104)51(40-59(96)97)84-57(93)42-82-64(102)49(29-16-34-80-72(76)77)87-62(100)46-25-11-4-12-26-46)27-13-14-32-78-67(105)54-30-17-35-90(54)69(107)52(37-43-19-5-1-6-20-43)88-65(103)50(39-58(94)95)83-56(92)41-81-63(101)48(28-15-33-79-71(74)75)86-61(99)45-23-9-3-10-24-45/h1-12,19-26,47-55H,13-18,27-42H2,(H2,73,98)(H,78,105)(H,81,101)(H,82,102)(H,83,92)(H,84,93)(H,85,106)(H,86,99)(H,87,100)(H,88,103)(H,89,104)(H,94,95)(H,96,97)(H4,74,75,79)(H4,76,77,80)/t47-,48-,49-,50-,51-,52-,53-,54-,55-/m0/s1. The van der Waals surface area contributed by atoms with Crippen LogP contribution in [0.15, 0.2) is 126 Å². The fraction of sp³-hybridized carbons (Fsp3) is 0.431. The van der Waals surface area contributed by atoms with Crippen LogP contribution in [0.4, 0.5) is 0 Å². The predicted molar refractivity (Wildman–Crippen MR) is 390 cm³/mol. The van der Waals surface area contributed by atoms with Gasteiger partial charge in [0.15, 0.2) is 11.9 Å². The van der Waals surface area contributed by atoms with Gasteiger partial charge in [-0.2, -0.15) is 0 Å². The van der Waals surface area contributed by atoms with Crippen LogP contribution in [0.3, 0.4) is 0 Å². The molecule has 0 unspecified atom stereocenters. The van der Waals surface area contributed by atoms with Crippen LogP contribution in [0.1, 0.15) is 115 Å². The number of hydrogen-bond acceptors (Lipinski definition) is 17. The largest absolute Gasteiger partial charge is 0.481 e. The Morgan fingerprint density at radius 2 is 0.843 bits per heavy atom. The van der Waals surface area contributed by atoms with Crippen molar-refractivity contribution in [1.82, 2.24) is 68.3 Å². The van der Waals surface area contributed by atoms with E-state index in [4.69, 9.17) is 28.3 Å². The van der Waals surface area contributed by atoms with Crippen molar-refractivity contribution < 1.29 is 82.1 Å². The lowest BCUT2D eigenvalue weighted by molar-refractivity contribution is -0.143. The number of nitrogens with zero attached hydrogens (tertiary/aromatic N) is 3. The summed E-state index contributed by atoms with van der Waals surface area (Å²) >= 11 is 0. The number of benzene rings is 4. The number of nitrogens with one attached hydrogen (secondary N) is 12. The Morgan fingerprint density at radius 3 is 1.26 bits per heavy atom. The van der Waals surface area contributed by atoms with E-state index in [2.05, 4.69) is 63.5 Å². The van der Waals surface area contributed by atoms with Gasteiger partial charge >= 0.3 is 11.9 Å². The van der Waals surface area contributed by atoms with Gasteiger partial charge in [-0.05, 0) is 106 Å². The van der Waals surface area contributed by atoms with Gasteiger partial charge < -0.3 is 101 Å². The number of carbonyl (C=O) groups excluding carboxylic acids is 13. The van der Waals surface area contributed by atoms with E-state index in [0.717, 1.165) is 0 Å². The number of guanidine groups is 2. The van der Waals surface area contributed by atoms with Crippen LogP contribution in [0.25, 0.3) is 0 Å². The first-order valence-corrected chi connectivity index (χ1v) is 35.3. The number of carboxylic acid groups (broad SMARTS) is 2. The number of hydrogen-bond donors (Lipinski definition) is 18. The molecular formula is C72H95N19O17. The van der Waals surface area contributed by atoms with Crippen LogP contribution in [-0.2, 0) is 75.2 Å². The number of rotatable bonds is 43. The lowest BCUT2D eigenvalue weighted by atomic mass is 10.0. The monoisotopic (exact) mass is 1500 g/mol. The molecule has 13 amide bonds. The van der Waals surface area contributed by atoms with Gasteiger partial charge in [-0.25, -0.2) is 0 Å². The average Bonchev–Trinajstić information content (AvgIpc) is 1.63.